The van der Waals surface area contributed by atoms with Gasteiger partial charge >= 0.3 is 0 Å². The Labute approximate surface area is 72.3 Å². The molecule has 1 aliphatic rings. The van der Waals surface area contributed by atoms with Crippen LogP contribution in [0.15, 0.2) is 24.5 Å². The second-order valence-electron chi connectivity index (χ2n) is 3.53. The van der Waals surface area contributed by atoms with E-state index in [4.69, 9.17) is 0 Å². The molecular weight excluding hydrogens is 150 g/mol. The van der Waals surface area contributed by atoms with Gasteiger partial charge in [-0.3, -0.25) is 4.98 Å². The van der Waals surface area contributed by atoms with E-state index in [-0.39, 0.29) is 6.10 Å². The standard InChI is InChI=1S/C10H13NO/c1-7(12)9-5-10(9)8-3-2-4-11-6-8/h2-4,6-7,9-10,12H,5H2,1H3/t7-,9+,10-/m1/s1. The van der Waals surface area contributed by atoms with E-state index in [1.165, 1.54) is 5.56 Å². The minimum Gasteiger partial charge on any atom is -0.393 e. The highest BCUT2D eigenvalue weighted by molar-refractivity contribution is 5.22. The number of hydrogen-bond donors (Lipinski definition) is 1. The van der Waals surface area contributed by atoms with Gasteiger partial charge < -0.3 is 5.11 Å². The number of pyridine rings is 1. The van der Waals surface area contributed by atoms with Gasteiger partial charge in [0.15, 0.2) is 0 Å². The Hall–Kier alpha value is -0.890. The highest BCUT2D eigenvalue weighted by Gasteiger charge is 2.41. The third-order valence-corrected chi connectivity index (χ3v) is 2.57. The van der Waals surface area contributed by atoms with Crippen LogP contribution in [0.1, 0.15) is 24.8 Å². The van der Waals surface area contributed by atoms with E-state index < -0.39 is 0 Å². The van der Waals surface area contributed by atoms with E-state index in [1.54, 1.807) is 6.20 Å². The molecule has 0 spiro atoms. The van der Waals surface area contributed by atoms with Crippen LogP contribution in [0.4, 0.5) is 0 Å². The zero-order valence-corrected chi connectivity index (χ0v) is 7.14. The first-order chi connectivity index (χ1) is 5.79. The normalized spacial score (nSPS) is 29.8. The van der Waals surface area contributed by atoms with Crippen LogP contribution < -0.4 is 0 Å². The van der Waals surface area contributed by atoms with Gasteiger partial charge in [-0.15, -0.1) is 0 Å². The van der Waals surface area contributed by atoms with Crippen LogP contribution in [0.2, 0.25) is 0 Å². The third kappa shape index (κ3) is 1.34. The zero-order valence-electron chi connectivity index (χ0n) is 7.14. The Bertz CT molecular complexity index is 258. The molecule has 3 atom stereocenters. The molecule has 1 heterocycles. The topological polar surface area (TPSA) is 33.1 Å². The second-order valence-corrected chi connectivity index (χ2v) is 3.53. The van der Waals surface area contributed by atoms with Gasteiger partial charge in [0.25, 0.3) is 0 Å². The molecule has 0 aliphatic heterocycles. The SMILES string of the molecule is C[C@@H](O)[C@@H]1C[C@@H]1c1cccnc1. The summed E-state index contributed by atoms with van der Waals surface area (Å²) in [5.41, 5.74) is 1.27. The van der Waals surface area contributed by atoms with E-state index in [9.17, 15) is 5.11 Å². The zero-order chi connectivity index (χ0) is 8.55. The maximum absolute atomic E-state index is 9.30. The van der Waals surface area contributed by atoms with Crippen molar-refractivity contribution in [2.45, 2.75) is 25.4 Å². The predicted molar refractivity (Wildman–Crippen MR) is 46.8 cm³/mol. The van der Waals surface area contributed by atoms with Gasteiger partial charge in [-0.25, -0.2) is 0 Å². The van der Waals surface area contributed by atoms with E-state index in [0.717, 1.165) is 6.42 Å². The van der Waals surface area contributed by atoms with E-state index in [2.05, 4.69) is 11.1 Å². The van der Waals surface area contributed by atoms with Crippen molar-refractivity contribution >= 4 is 0 Å². The van der Waals surface area contributed by atoms with Gasteiger partial charge in [-0.2, -0.15) is 0 Å². The number of aliphatic hydroxyl groups excluding tert-OH is 1. The molecule has 12 heavy (non-hydrogen) atoms. The van der Waals surface area contributed by atoms with Crippen LogP contribution in [0, 0.1) is 5.92 Å². The lowest BCUT2D eigenvalue weighted by molar-refractivity contribution is 0.169. The molecule has 0 unspecified atom stereocenters. The molecular formula is C10H13NO. The number of rotatable bonds is 2. The summed E-state index contributed by atoms with van der Waals surface area (Å²) < 4.78 is 0. The van der Waals surface area contributed by atoms with Crippen molar-refractivity contribution in [3.63, 3.8) is 0 Å². The van der Waals surface area contributed by atoms with Crippen LogP contribution in [0.5, 0.6) is 0 Å². The molecule has 1 N–H and O–H groups in total. The molecule has 1 aromatic rings. The molecule has 1 aromatic heterocycles. The summed E-state index contributed by atoms with van der Waals surface area (Å²) >= 11 is 0. The predicted octanol–water partition coefficient (Wildman–Crippen LogP) is 1.57. The fraction of sp³-hybridized carbons (Fsp3) is 0.500. The quantitative estimate of drug-likeness (QED) is 0.717. The molecule has 64 valence electrons. The molecule has 0 aromatic carbocycles. The van der Waals surface area contributed by atoms with E-state index in [0.29, 0.717) is 11.8 Å². The Kier molecular flexibility index (Phi) is 1.85. The van der Waals surface area contributed by atoms with Crippen LogP contribution in [0.25, 0.3) is 0 Å². The molecule has 1 saturated carbocycles. The first-order valence-electron chi connectivity index (χ1n) is 4.37. The molecule has 0 radical (unpaired) electrons. The summed E-state index contributed by atoms with van der Waals surface area (Å²) in [6.45, 7) is 1.86. The average Bonchev–Trinajstić information content (AvgIpc) is 2.84. The molecule has 1 aliphatic carbocycles. The Balaban J connectivity index is 2.06. The first kappa shape index (κ1) is 7.74. The van der Waals surface area contributed by atoms with Crippen molar-refractivity contribution in [3.8, 4) is 0 Å². The summed E-state index contributed by atoms with van der Waals surface area (Å²) in [4.78, 5) is 4.06. The maximum Gasteiger partial charge on any atom is 0.0546 e. The van der Waals surface area contributed by atoms with Gasteiger partial charge in [0.2, 0.25) is 0 Å². The highest BCUT2D eigenvalue weighted by Crippen LogP contribution is 2.49. The first-order valence-corrected chi connectivity index (χ1v) is 4.37. The van der Waals surface area contributed by atoms with Crippen LogP contribution in [0.3, 0.4) is 0 Å². The summed E-state index contributed by atoms with van der Waals surface area (Å²) in [5, 5.41) is 9.30. The van der Waals surface area contributed by atoms with E-state index >= 15 is 0 Å². The fourth-order valence-electron chi connectivity index (χ4n) is 1.73. The van der Waals surface area contributed by atoms with E-state index in [1.807, 2.05) is 19.2 Å². The molecule has 2 heteroatoms. The lowest BCUT2D eigenvalue weighted by Gasteiger charge is -2.01. The van der Waals surface area contributed by atoms with Crippen molar-refractivity contribution in [2.24, 2.45) is 5.92 Å². The third-order valence-electron chi connectivity index (χ3n) is 2.57. The Morgan fingerprint density at radius 1 is 1.67 bits per heavy atom. The molecule has 0 saturated heterocycles. The van der Waals surface area contributed by atoms with Crippen molar-refractivity contribution in [1.29, 1.82) is 0 Å². The van der Waals surface area contributed by atoms with Crippen LogP contribution >= 0.6 is 0 Å². The smallest absolute Gasteiger partial charge is 0.0546 e. The maximum atomic E-state index is 9.30. The van der Waals surface area contributed by atoms with Crippen molar-refractivity contribution in [3.05, 3.63) is 30.1 Å². The minimum absolute atomic E-state index is 0.171. The van der Waals surface area contributed by atoms with Crippen LogP contribution in [-0.2, 0) is 0 Å². The second kappa shape index (κ2) is 2.87. The lowest BCUT2D eigenvalue weighted by Crippen LogP contribution is -2.03. The van der Waals surface area contributed by atoms with Gasteiger partial charge in [-0.05, 0) is 36.8 Å². The average molecular weight is 163 g/mol. The summed E-state index contributed by atoms with van der Waals surface area (Å²) in [5.74, 6) is 1.02. The van der Waals surface area contributed by atoms with Gasteiger partial charge in [0.05, 0.1) is 6.10 Å². The van der Waals surface area contributed by atoms with Crippen molar-refractivity contribution < 1.29 is 5.11 Å². The molecule has 1 fully saturated rings. The molecule has 2 nitrogen and oxygen atoms in total. The highest BCUT2D eigenvalue weighted by atomic mass is 16.3. The summed E-state index contributed by atoms with van der Waals surface area (Å²) in [6, 6.07) is 4.03. The number of hydrogen-bond acceptors (Lipinski definition) is 2. The number of nitrogens with zero attached hydrogens (tertiary/aromatic N) is 1. The Morgan fingerprint density at radius 2 is 2.50 bits per heavy atom. The van der Waals surface area contributed by atoms with Gasteiger partial charge in [0.1, 0.15) is 0 Å². The Morgan fingerprint density at radius 3 is 3.00 bits per heavy atom. The number of aromatic nitrogens is 1. The van der Waals surface area contributed by atoms with Gasteiger partial charge in [0, 0.05) is 12.4 Å². The van der Waals surface area contributed by atoms with Crippen molar-refractivity contribution in [2.75, 3.05) is 0 Å². The minimum atomic E-state index is -0.171. The van der Waals surface area contributed by atoms with Crippen LogP contribution in [-0.4, -0.2) is 16.2 Å². The molecule has 0 bridgehead atoms. The monoisotopic (exact) mass is 163 g/mol. The fourth-order valence-corrected chi connectivity index (χ4v) is 1.73. The molecule has 0 amide bonds. The van der Waals surface area contributed by atoms with Gasteiger partial charge in [-0.1, -0.05) is 6.07 Å². The number of aliphatic hydroxyl groups is 1. The lowest BCUT2D eigenvalue weighted by atomic mass is 10.1. The summed E-state index contributed by atoms with van der Waals surface area (Å²) in [7, 11) is 0. The molecule has 2 rings (SSSR count). The van der Waals surface area contributed by atoms with Crippen molar-refractivity contribution in [1.82, 2.24) is 4.98 Å². The largest absolute Gasteiger partial charge is 0.393 e. The summed E-state index contributed by atoms with van der Waals surface area (Å²) in [6.07, 6.45) is 4.62.